The molecule has 0 aliphatic rings. The number of rotatable bonds is 9. The van der Waals surface area contributed by atoms with Crippen LogP contribution in [0.5, 0.6) is 0 Å². The zero-order chi connectivity index (χ0) is 23.3. The van der Waals surface area contributed by atoms with Gasteiger partial charge in [-0.15, -0.1) is 0 Å². The molecule has 11 heteroatoms. The number of halogens is 1. The van der Waals surface area contributed by atoms with Crippen LogP contribution in [0.4, 0.5) is 15.9 Å². The van der Waals surface area contributed by atoms with Gasteiger partial charge in [-0.3, -0.25) is 23.6 Å². The number of hydroxylamine groups is 1. The molecule has 10 nitrogen and oxygen atoms in total. The maximum Gasteiger partial charge on any atom is 0.332 e. The number of aryl methyl sites for hydroxylation is 1. The highest BCUT2D eigenvalue weighted by Crippen LogP contribution is 2.21. The van der Waals surface area contributed by atoms with E-state index in [0.717, 1.165) is 9.13 Å². The van der Waals surface area contributed by atoms with Crippen molar-refractivity contribution in [3.8, 4) is 0 Å². The van der Waals surface area contributed by atoms with Gasteiger partial charge >= 0.3 is 5.69 Å². The van der Waals surface area contributed by atoms with E-state index in [0.29, 0.717) is 12.0 Å². The van der Waals surface area contributed by atoms with E-state index in [1.54, 1.807) is 13.0 Å². The Morgan fingerprint density at radius 3 is 2.48 bits per heavy atom. The molecular formula is C20H27FN4O6. The minimum Gasteiger partial charge on any atom is -0.366 e. The number of nitrogens with zero attached hydrogens (tertiary/aromatic N) is 2. The summed E-state index contributed by atoms with van der Waals surface area (Å²) in [5.74, 6) is -2.98. The number of nitrogens with one attached hydrogen (secondary N) is 2. The third-order valence-corrected chi connectivity index (χ3v) is 4.28. The van der Waals surface area contributed by atoms with E-state index in [9.17, 15) is 23.9 Å². The van der Waals surface area contributed by atoms with Crippen molar-refractivity contribution in [2.45, 2.75) is 33.0 Å². The van der Waals surface area contributed by atoms with Crippen molar-refractivity contribution >= 4 is 17.4 Å². The van der Waals surface area contributed by atoms with Crippen LogP contribution in [0.25, 0.3) is 0 Å². The van der Waals surface area contributed by atoms with Crippen LogP contribution in [0.15, 0.2) is 27.8 Å². The minimum absolute atomic E-state index is 0.00686. The number of carbonyl (C=O) groups excluding carboxylic acids is 1. The molecule has 1 heterocycles. The Morgan fingerprint density at radius 1 is 1.19 bits per heavy atom. The Balaban J connectivity index is 2.24. The van der Waals surface area contributed by atoms with Crippen molar-refractivity contribution in [3.63, 3.8) is 0 Å². The number of hydrogen-bond donors (Lipinski definition) is 3. The van der Waals surface area contributed by atoms with Gasteiger partial charge in [0.05, 0.1) is 18.9 Å². The van der Waals surface area contributed by atoms with Crippen molar-refractivity contribution in [2.24, 2.45) is 14.1 Å². The smallest absolute Gasteiger partial charge is 0.332 e. The molecule has 3 N–H and O–H groups in total. The highest BCUT2D eigenvalue weighted by Gasteiger charge is 2.23. The van der Waals surface area contributed by atoms with Crippen molar-refractivity contribution in [1.82, 2.24) is 14.6 Å². The molecule has 2 aromatic rings. The second-order valence-electron chi connectivity index (χ2n) is 7.47. The first-order chi connectivity index (χ1) is 14.4. The molecule has 0 spiro atoms. The average molecular weight is 438 g/mol. The monoisotopic (exact) mass is 438 g/mol. The molecule has 0 fully saturated rings. The lowest BCUT2D eigenvalue weighted by Crippen LogP contribution is -2.43. The van der Waals surface area contributed by atoms with Gasteiger partial charge < -0.3 is 15.2 Å². The normalized spacial score (nSPS) is 11.5. The van der Waals surface area contributed by atoms with Crippen molar-refractivity contribution < 1.29 is 23.9 Å². The Bertz CT molecular complexity index is 1070. The molecule has 0 aliphatic carbocycles. The summed E-state index contributed by atoms with van der Waals surface area (Å²) in [7, 11) is 2.58. The van der Waals surface area contributed by atoms with Gasteiger partial charge in [0.25, 0.3) is 11.5 Å². The number of ether oxygens (including phenoxy) is 1. The molecule has 1 aromatic carbocycles. The van der Waals surface area contributed by atoms with Crippen LogP contribution in [-0.4, -0.2) is 39.1 Å². The predicted molar refractivity (Wildman–Crippen MR) is 112 cm³/mol. The van der Waals surface area contributed by atoms with Gasteiger partial charge in [-0.2, -0.15) is 0 Å². The zero-order valence-corrected chi connectivity index (χ0v) is 18.1. The number of aliphatic hydroxyl groups is 1. The van der Waals surface area contributed by atoms with Crippen molar-refractivity contribution in [2.75, 3.05) is 18.5 Å². The van der Waals surface area contributed by atoms with Crippen LogP contribution in [0.1, 0.15) is 36.2 Å². The summed E-state index contributed by atoms with van der Waals surface area (Å²) in [5.41, 5.74) is 0.833. The highest BCUT2D eigenvalue weighted by molar-refractivity contribution is 5.98. The molecule has 0 unspecified atom stereocenters. The standard InChI is InChI=1S/C20H27FN4O6/c1-12-7-8-14(13(21)11-12)22-16-15(18(27)25(5)19(28)24(16)4)17(26)23-31-10-6-9-30-20(2,3)29/h7-8,11,22,29H,6,9-10H2,1-5H3,(H,23,26). The third-order valence-electron chi connectivity index (χ3n) is 4.28. The van der Waals surface area contributed by atoms with Gasteiger partial charge in [-0.05, 0) is 44.9 Å². The second kappa shape index (κ2) is 9.86. The van der Waals surface area contributed by atoms with Gasteiger partial charge in [0.2, 0.25) is 0 Å². The summed E-state index contributed by atoms with van der Waals surface area (Å²) >= 11 is 0. The first-order valence-electron chi connectivity index (χ1n) is 9.54. The summed E-state index contributed by atoms with van der Waals surface area (Å²) in [6, 6.07) is 4.36. The van der Waals surface area contributed by atoms with Crippen LogP contribution in [0, 0.1) is 12.7 Å². The molecule has 0 saturated carbocycles. The number of anilines is 2. The Hall–Kier alpha value is -3.02. The summed E-state index contributed by atoms with van der Waals surface area (Å²) < 4.78 is 21.2. The summed E-state index contributed by atoms with van der Waals surface area (Å²) in [6.45, 7) is 4.90. The third kappa shape index (κ3) is 6.23. The minimum atomic E-state index is -1.28. The largest absolute Gasteiger partial charge is 0.366 e. The number of hydrogen-bond acceptors (Lipinski definition) is 7. The van der Waals surface area contributed by atoms with E-state index in [1.165, 1.54) is 40.1 Å². The van der Waals surface area contributed by atoms with Gasteiger partial charge in [0.15, 0.2) is 5.79 Å². The number of benzene rings is 1. The van der Waals surface area contributed by atoms with Gasteiger partial charge in [-0.25, -0.2) is 14.7 Å². The Labute approximate surface area is 178 Å². The molecule has 1 aromatic heterocycles. The van der Waals surface area contributed by atoms with Crippen LogP contribution in [0.2, 0.25) is 0 Å². The lowest BCUT2D eigenvalue weighted by atomic mass is 10.2. The zero-order valence-electron chi connectivity index (χ0n) is 18.1. The first-order valence-corrected chi connectivity index (χ1v) is 9.54. The van der Waals surface area contributed by atoms with Gasteiger partial charge in [-0.1, -0.05) is 6.07 Å². The van der Waals surface area contributed by atoms with Gasteiger partial charge in [0.1, 0.15) is 17.2 Å². The lowest BCUT2D eigenvalue weighted by molar-refractivity contribution is -0.178. The fourth-order valence-electron chi connectivity index (χ4n) is 2.66. The fourth-order valence-corrected chi connectivity index (χ4v) is 2.66. The number of amides is 1. The molecule has 170 valence electrons. The van der Waals surface area contributed by atoms with E-state index in [-0.39, 0.29) is 24.7 Å². The van der Waals surface area contributed by atoms with E-state index >= 15 is 0 Å². The maximum absolute atomic E-state index is 14.3. The van der Waals surface area contributed by atoms with Crippen molar-refractivity contribution in [3.05, 3.63) is 56.0 Å². The van der Waals surface area contributed by atoms with Crippen LogP contribution in [0.3, 0.4) is 0 Å². The first kappa shape index (κ1) is 24.3. The highest BCUT2D eigenvalue weighted by atomic mass is 19.1. The summed E-state index contributed by atoms with van der Waals surface area (Å²) in [4.78, 5) is 42.7. The molecule has 31 heavy (non-hydrogen) atoms. The quantitative estimate of drug-likeness (QED) is 0.304. The van der Waals surface area contributed by atoms with E-state index in [1.807, 2.05) is 0 Å². The molecule has 2 rings (SSSR count). The van der Waals surface area contributed by atoms with Gasteiger partial charge in [0, 0.05) is 14.1 Å². The maximum atomic E-state index is 14.3. The molecule has 0 aliphatic heterocycles. The topological polar surface area (TPSA) is 124 Å². The molecular weight excluding hydrogens is 411 g/mol. The molecule has 0 saturated heterocycles. The van der Waals surface area contributed by atoms with Crippen LogP contribution in [-0.2, 0) is 23.7 Å². The molecule has 1 amide bonds. The predicted octanol–water partition coefficient (Wildman–Crippen LogP) is 1.07. The second-order valence-corrected chi connectivity index (χ2v) is 7.47. The molecule has 0 radical (unpaired) electrons. The fraction of sp³-hybridized carbons (Fsp3) is 0.450. The summed E-state index contributed by atoms with van der Waals surface area (Å²) in [6.07, 6.45) is 0.356. The SMILES string of the molecule is Cc1ccc(Nc2c(C(=O)NOCCCOC(C)(C)O)c(=O)n(C)c(=O)n2C)c(F)c1. The summed E-state index contributed by atoms with van der Waals surface area (Å²) in [5, 5.41) is 12.1. The van der Waals surface area contributed by atoms with E-state index in [4.69, 9.17) is 9.57 Å². The number of carbonyl (C=O) groups is 1. The number of aromatic nitrogens is 2. The van der Waals surface area contributed by atoms with Crippen LogP contribution < -0.4 is 22.0 Å². The van der Waals surface area contributed by atoms with E-state index < -0.39 is 34.3 Å². The van der Waals surface area contributed by atoms with Crippen molar-refractivity contribution in [1.29, 1.82) is 0 Å². The average Bonchev–Trinajstić information content (AvgIpc) is 2.68. The van der Waals surface area contributed by atoms with E-state index in [2.05, 4.69) is 10.8 Å². The molecule has 0 atom stereocenters. The molecule has 0 bridgehead atoms. The Morgan fingerprint density at radius 2 is 1.87 bits per heavy atom. The Kier molecular flexibility index (Phi) is 7.71. The lowest BCUT2D eigenvalue weighted by Gasteiger charge is -2.18. The van der Waals surface area contributed by atoms with Crippen LogP contribution >= 0.6 is 0 Å².